The SMILES string of the molecule is CCCCC[C@@H](C)CCN. The fraction of sp³-hybridized carbons (Fsp3) is 1.00. The maximum atomic E-state index is 5.43. The Morgan fingerprint density at radius 1 is 1.20 bits per heavy atom. The molecule has 0 rings (SSSR count). The maximum Gasteiger partial charge on any atom is -0.00747 e. The lowest BCUT2D eigenvalue weighted by Gasteiger charge is -2.07. The largest absolute Gasteiger partial charge is 0.330 e. The summed E-state index contributed by atoms with van der Waals surface area (Å²) < 4.78 is 0. The highest BCUT2D eigenvalue weighted by atomic mass is 14.5. The van der Waals surface area contributed by atoms with Gasteiger partial charge < -0.3 is 5.73 Å². The minimum atomic E-state index is 0.844. The van der Waals surface area contributed by atoms with Gasteiger partial charge >= 0.3 is 0 Å². The Hall–Kier alpha value is -0.0400. The zero-order valence-electron chi connectivity index (χ0n) is 7.40. The Kier molecular flexibility index (Phi) is 7.04. The van der Waals surface area contributed by atoms with Crippen LogP contribution in [0.3, 0.4) is 0 Å². The first kappa shape index (κ1) is 9.96. The number of hydrogen-bond acceptors (Lipinski definition) is 1. The summed E-state index contributed by atoms with van der Waals surface area (Å²) in [4.78, 5) is 0. The second-order valence-electron chi connectivity index (χ2n) is 3.18. The van der Waals surface area contributed by atoms with E-state index in [1.54, 1.807) is 0 Å². The molecule has 0 fully saturated rings. The Morgan fingerprint density at radius 2 is 1.90 bits per heavy atom. The summed E-state index contributed by atoms with van der Waals surface area (Å²) >= 11 is 0. The molecule has 0 spiro atoms. The third kappa shape index (κ3) is 6.09. The van der Waals surface area contributed by atoms with Gasteiger partial charge in [-0.1, -0.05) is 39.5 Å². The van der Waals surface area contributed by atoms with Crippen LogP contribution < -0.4 is 5.73 Å². The molecule has 0 aliphatic rings. The van der Waals surface area contributed by atoms with Crippen molar-refractivity contribution in [1.29, 1.82) is 0 Å². The van der Waals surface area contributed by atoms with Crippen LogP contribution in [0.1, 0.15) is 46.0 Å². The van der Waals surface area contributed by atoms with Gasteiger partial charge in [0, 0.05) is 0 Å². The Labute approximate surface area is 65.0 Å². The monoisotopic (exact) mass is 143 g/mol. The average molecular weight is 143 g/mol. The van der Waals surface area contributed by atoms with Gasteiger partial charge in [-0.15, -0.1) is 0 Å². The molecule has 2 N–H and O–H groups in total. The maximum absolute atomic E-state index is 5.43. The molecule has 0 aromatic heterocycles. The van der Waals surface area contributed by atoms with E-state index in [2.05, 4.69) is 13.8 Å². The van der Waals surface area contributed by atoms with Crippen molar-refractivity contribution in [3.05, 3.63) is 0 Å². The van der Waals surface area contributed by atoms with Crippen molar-refractivity contribution in [2.24, 2.45) is 11.7 Å². The van der Waals surface area contributed by atoms with Gasteiger partial charge in [-0.3, -0.25) is 0 Å². The molecule has 1 nitrogen and oxygen atoms in total. The molecule has 0 amide bonds. The molecule has 0 aromatic rings. The van der Waals surface area contributed by atoms with Crippen molar-refractivity contribution in [2.45, 2.75) is 46.0 Å². The second-order valence-corrected chi connectivity index (χ2v) is 3.18. The van der Waals surface area contributed by atoms with Crippen LogP contribution in [0.4, 0.5) is 0 Å². The van der Waals surface area contributed by atoms with Crippen molar-refractivity contribution in [2.75, 3.05) is 6.54 Å². The van der Waals surface area contributed by atoms with Crippen LogP contribution >= 0.6 is 0 Å². The lowest BCUT2D eigenvalue weighted by molar-refractivity contribution is 0.470. The molecule has 0 aliphatic carbocycles. The number of unbranched alkanes of at least 4 members (excludes halogenated alkanes) is 2. The van der Waals surface area contributed by atoms with Crippen molar-refractivity contribution < 1.29 is 0 Å². The lowest BCUT2D eigenvalue weighted by atomic mass is 10.0. The predicted octanol–water partition coefficient (Wildman–Crippen LogP) is 2.55. The highest BCUT2D eigenvalue weighted by Gasteiger charge is 1.98. The number of rotatable bonds is 6. The van der Waals surface area contributed by atoms with E-state index in [0.717, 1.165) is 12.5 Å². The quantitative estimate of drug-likeness (QED) is 0.568. The molecule has 1 atom stereocenters. The van der Waals surface area contributed by atoms with Crippen LogP contribution in [0.2, 0.25) is 0 Å². The fourth-order valence-corrected chi connectivity index (χ4v) is 1.17. The van der Waals surface area contributed by atoms with Crippen LogP contribution in [-0.2, 0) is 0 Å². The lowest BCUT2D eigenvalue weighted by Crippen LogP contribution is -2.05. The summed E-state index contributed by atoms with van der Waals surface area (Å²) in [6.45, 7) is 5.39. The van der Waals surface area contributed by atoms with E-state index in [0.29, 0.717) is 0 Å². The normalized spacial score (nSPS) is 13.5. The Balaban J connectivity index is 2.97. The van der Waals surface area contributed by atoms with E-state index in [1.165, 1.54) is 32.1 Å². The summed E-state index contributed by atoms with van der Waals surface area (Å²) in [5, 5.41) is 0. The molecular formula is C9H21N. The first-order chi connectivity index (χ1) is 4.81. The van der Waals surface area contributed by atoms with Gasteiger partial charge in [-0.2, -0.15) is 0 Å². The van der Waals surface area contributed by atoms with Gasteiger partial charge in [0.1, 0.15) is 0 Å². The third-order valence-corrected chi connectivity index (χ3v) is 1.96. The van der Waals surface area contributed by atoms with Crippen LogP contribution in [0.25, 0.3) is 0 Å². The van der Waals surface area contributed by atoms with Gasteiger partial charge in [0.15, 0.2) is 0 Å². The van der Waals surface area contributed by atoms with Gasteiger partial charge in [0.05, 0.1) is 0 Å². The Bertz CT molecular complexity index is 61.7. The van der Waals surface area contributed by atoms with E-state index >= 15 is 0 Å². The minimum Gasteiger partial charge on any atom is -0.330 e. The van der Waals surface area contributed by atoms with Crippen LogP contribution in [0.15, 0.2) is 0 Å². The first-order valence-corrected chi connectivity index (χ1v) is 4.51. The summed E-state index contributed by atoms with van der Waals surface area (Å²) in [5.74, 6) is 0.844. The Morgan fingerprint density at radius 3 is 2.40 bits per heavy atom. The van der Waals surface area contributed by atoms with E-state index in [9.17, 15) is 0 Å². The van der Waals surface area contributed by atoms with Crippen LogP contribution in [0, 0.1) is 5.92 Å². The molecule has 0 saturated carbocycles. The van der Waals surface area contributed by atoms with E-state index < -0.39 is 0 Å². The molecule has 1 heteroatoms. The molecule has 0 radical (unpaired) electrons. The van der Waals surface area contributed by atoms with E-state index in [1.807, 2.05) is 0 Å². The zero-order valence-corrected chi connectivity index (χ0v) is 7.40. The van der Waals surface area contributed by atoms with Crippen molar-refractivity contribution in [1.82, 2.24) is 0 Å². The molecule has 0 aromatic carbocycles. The highest BCUT2D eigenvalue weighted by Crippen LogP contribution is 2.11. The van der Waals surface area contributed by atoms with Gasteiger partial charge in [-0.05, 0) is 18.9 Å². The average Bonchev–Trinajstić information content (AvgIpc) is 1.89. The van der Waals surface area contributed by atoms with Gasteiger partial charge in [-0.25, -0.2) is 0 Å². The predicted molar refractivity (Wildman–Crippen MR) is 47.0 cm³/mol. The summed E-state index contributed by atoms with van der Waals surface area (Å²) in [5.41, 5.74) is 5.43. The molecule has 10 heavy (non-hydrogen) atoms. The molecular weight excluding hydrogens is 122 g/mol. The molecule has 0 unspecified atom stereocenters. The van der Waals surface area contributed by atoms with Gasteiger partial charge in [0.25, 0.3) is 0 Å². The van der Waals surface area contributed by atoms with Crippen molar-refractivity contribution in [3.8, 4) is 0 Å². The first-order valence-electron chi connectivity index (χ1n) is 4.51. The van der Waals surface area contributed by atoms with Crippen molar-refractivity contribution >= 4 is 0 Å². The van der Waals surface area contributed by atoms with E-state index in [-0.39, 0.29) is 0 Å². The molecule has 0 heterocycles. The molecule has 0 bridgehead atoms. The van der Waals surface area contributed by atoms with Crippen LogP contribution in [0.5, 0.6) is 0 Å². The zero-order chi connectivity index (χ0) is 7.82. The van der Waals surface area contributed by atoms with E-state index in [4.69, 9.17) is 5.73 Å². The molecule has 0 saturated heterocycles. The molecule has 62 valence electrons. The van der Waals surface area contributed by atoms with Gasteiger partial charge in [0.2, 0.25) is 0 Å². The fourth-order valence-electron chi connectivity index (χ4n) is 1.17. The van der Waals surface area contributed by atoms with Crippen LogP contribution in [-0.4, -0.2) is 6.54 Å². The summed E-state index contributed by atoms with van der Waals surface area (Å²) in [7, 11) is 0. The third-order valence-electron chi connectivity index (χ3n) is 1.96. The standard InChI is InChI=1S/C9H21N/c1-3-4-5-6-9(2)7-8-10/h9H,3-8,10H2,1-2H3/t9-/m1/s1. The second kappa shape index (κ2) is 7.07. The highest BCUT2D eigenvalue weighted by molar-refractivity contribution is 4.53. The smallest absolute Gasteiger partial charge is 0.00747 e. The summed E-state index contributed by atoms with van der Waals surface area (Å²) in [6.07, 6.45) is 6.66. The molecule has 0 aliphatic heterocycles. The summed E-state index contributed by atoms with van der Waals surface area (Å²) in [6, 6.07) is 0. The minimum absolute atomic E-state index is 0.844. The topological polar surface area (TPSA) is 26.0 Å². The number of hydrogen-bond donors (Lipinski definition) is 1. The van der Waals surface area contributed by atoms with Crippen molar-refractivity contribution in [3.63, 3.8) is 0 Å². The number of nitrogens with two attached hydrogens (primary N) is 1.